The molecule has 1 aromatic carbocycles. The van der Waals surface area contributed by atoms with Gasteiger partial charge in [-0.2, -0.15) is 5.26 Å². The average molecular weight is 337 g/mol. The molecule has 1 aromatic rings. The Bertz CT molecular complexity index is 712. The Hall–Kier alpha value is -1.95. The lowest BCUT2D eigenvalue weighted by molar-refractivity contribution is -0.0124. The van der Waals surface area contributed by atoms with Crippen LogP contribution in [0.4, 0.5) is 0 Å². The molecule has 23 heavy (non-hydrogen) atoms. The third-order valence-electron chi connectivity index (χ3n) is 3.45. The van der Waals surface area contributed by atoms with Crippen molar-refractivity contribution >= 4 is 15.9 Å². The highest BCUT2D eigenvalue weighted by Gasteiger charge is 2.23. The van der Waals surface area contributed by atoms with E-state index in [1.54, 1.807) is 11.0 Å². The van der Waals surface area contributed by atoms with Crippen molar-refractivity contribution in [2.24, 2.45) is 0 Å². The van der Waals surface area contributed by atoms with Crippen LogP contribution >= 0.6 is 0 Å². The van der Waals surface area contributed by atoms with Crippen molar-refractivity contribution in [1.82, 2.24) is 9.62 Å². The number of hydrogen-bond donors (Lipinski definition) is 1. The molecule has 1 fully saturated rings. The summed E-state index contributed by atoms with van der Waals surface area (Å²) in [6, 6.07) is 7.78. The maximum atomic E-state index is 12.5. The molecule has 0 spiro atoms. The van der Waals surface area contributed by atoms with Crippen LogP contribution in [0.5, 0.6) is 0 Å². The summed E-state index contributed by atoms with van der Waals surface area (Å²) in [5.41, 5.74) is 0.322. The van der Waals surface area contributed by atoms with Gasteiger partial charge in [0.15, 0.2) is 0 Å². The standard InChI is InChI=1S/C15H19N3O4S/c1-12-11-18(8-9-22-12)15(19)13-4-2-5-14(10-13)23(20,21)17-7-3-6-16/h2,4-5,10,12,17H,3,7-9,11H2,1H3/t12-/m0/s1. The number of carbonyl (C=O) groups is 1. The number of sulfonamides is 1. The number of nitrogens with one attached hydrogen (secondary N) is 1. The van der Waals surface area contributed by atoms with Crippen LogP contribution in [0.25, 0.3) is 0 Å². The van der Waals surface area contributed by atoms with E-state index in [-0.39, 0.29) is 29.9 Å². The predicted octanol–water partition coefficient (Wildman–Crippen LogP) is 0.739. The van der Waals surface area contributed by atoms with Gasteiger partial charge in [0.05, 0.1) is 23.7 Å². The second kappa shape index (κ2) is 7.55. The maximum Gasteiger partial charge on any atom is 0.254 e. The SMILES string of the molecule is C[C@H]1CN(C(=O)c2cccc(S(=O)(=O)NCCC#N)c2)CCO1. The largest absolute Gasteiger partial charge is 0.375 e. The van der Waals surface area contributed by atoms with E-state index in [1.165, 1.54) is 18.2 Å². The molecule has 0 unspecified atom stereocenters. The zero-order valence-corrected chi connectivity index (χ0v) is 13.7. The van der Waals surface area contributed by atoms with Gasteiger partial charge in [-0.25, -0.2) is 13.1 Å². The minimum atomic E-state index is -3.73. The first-order valence-corrected chi connectivity index (χ1v) is 8.80. The van der Waals surface area contributed by atoms with Crippen LogP contribution in [-0.4, -0.2) is 51.6 Å². The molecule has 0 bridgehead atoms. The van der Waals surface area contributed by atoms with Gasteiger partial charge in [0.2, 0.25) is 10.0 Å². The number of carbonyl (C=O) groups excluding carboxylic acids is 1. The van der Waals surface area contributed by atoms with Crippen molar-refractivity contribution < 1.29 is 17.9 Å². The van der Waals surface area contributed by atoms with Crippen molar-refractivity contribution in [1.29, 1.82) is 5.26 Å². The summed E-state index contributed by atoms with van der Waals surface area (Å²) in [6.45, 7) is 3.37. The molecule has 0 radical (unpaired) electrons. The minimum absolute atomic E-state index is 0.0163. The zero-order chi connectivity index (χ0) is 16.9. The Balaban J connectivity index is 2.16. The number of nitrogens with zero attached hydrogens (tertiary/aromatic N) is 2. The second-order valence-corrected chi connectivity index (χ2v) is 7.03. The summed E-state index contributed by atoms with van der Waals surface area (Å²) in [5.74, 6) is -0.214. The molecule has 0 saturated carbocycles. The first kappa shape index (κ1) is 17.4. The van der Waals surface area contributed by atoms with Gasteiger partial charge in [-0.05, 0) is 25.1 Å². The summed E-state index contributed by atoms with van der Waals surface area (Å²) in [4.78, 5) is 14.2. The number of hydrogen-bond acceptors (Lipinski definition) is 5. The molecule has 8 heteroatoms. The number of benzene rings is 1. The van der Waals surface area contributed by atoms with Gasteiger partial charge in [0.25, 0.3) is 5.91 Å². The molecule has 1 aliphatic rings. The van der Waals surface area contributed by atoms with E-state index >= 15 is 0 Å². The third kappa shape index (κ3) is 4.51. The molecule has 2 rings (SSSR count). The van der Waals surface area contributed by atoms with E-state index in [1.807, 2.05) is 13.0 Å². The Kier molecular flexibility index (Phi) is 5.71. The Morgan fingerprint density at radius 2 is 2.30 bits per heavy atom. The van der Waals surface area contributed by atoms with E-state index < -0.39 is 10.0 Å². The molecular weight excluding hydrogens is 318 g/mol. The van der Waals surface area contributed by atoms with Gasteiger partial charge in [-0.1, -0.05) is 6.07 Å². The highest BCUT2D eigenvalue weighted by Crippen LogP contribution is 2.15. The first-order valence-electron chi connectivity index (χ1n) is 7.31. The summed E-state index contributed by atoms with van der Waals surface area (Å²) in [5, 5.41) is 8.47. The predicted molar refractivity (Wildman–Crippen MR) is 83.2 cm³/mol. The van der Waals surface area contributed by atoms with Crippen LogP contribution in [-0.2, 0) is 14.8 Å². The highest BCUT2D eigenvalue weighted by atomic mass is 32.2. The van der Waals surface area contributed by atoms with Gasteiger partial charge in [0.1, 0.15) is 0 Å². The molecule has 124 valence electrons. The van der Waals surface area contributed by atoms with Gasteiger partial charge in [-0.15, -0.1) is 0 Å². The van der Waals surface area contributed by atoms with E-state index in [4.69, 9.17) is 10.00 Å². The molecule has 1 saturated heterocycles. The van der Waals surface area contributed by atoms with Crippen LogP contribution in [0, 0.1) is 11.3 Å². The van der Waals surface area contributed by atoms with Crippen molar-refractivity contribution in [3.63, 3.8) is 0 Å². The fraction of sp³-hybridized carbons (Fsp3) is 0.467. The smallest absolute Gasteiger partial charge is 0.254 e. The molecule has 0 aliphatic carbocycles. The van der Waals surface area contributed by atoms with Crippen LogP contribution < -0.4 is 4.72 Å². The summed E-state index contributed by atoms with van der Waals surface area (Å²) in [6.07, 6.45) is 0.0519. The number of rotatable bonds is 5. The summed E-state index contributed by atoms with van der Waals surface area (Å²) < 4.78 is 32.0. The van der Waals surface area contributed by atoms with E-state index in [9.17, 15) is 13.2 Å². The van der Waals surface area contributed by atoms with Crippen molar-refractivity contribution in [2.45, 2.75) is 24.3 Å². The molecule has 1 aliphatic heterocycles. The van der Waals surface area contributed by atoms with E-state index in [0.717, 1.165) is 0 Å². The van der Waals surface area contributed by atoms with Gasteiger partial charge < -0.3 is 9.64 Å². The van der Waals surface area contributed by atoms with E-state index in [2.05, 4.69) is 4.72 Å². The van der Waals surface area contributed by atoms with Crippen molar-refractivity contribution in [3.05, 3.63) is 29.8 Å². The normalized spacial score (nSPS) is 18.4. The zero-order valence-electron chi connectivity index (χ0n) is 12.9. The molecular formula is C15H19N3O4S. The maximum absolute atomic E-state index is 12.5. The van der Waals surface area contributed by atoms with Crippen LogP contribution in [0.3, 0.4) is 0 Å². The summed E-state index contributed by atoms with van der Waals surface area (Å²) >= 11 is 0. The van der Waals surface area contributed by atoms with Crippen molar-refractivity contribution in [2.75, 3.05) is 26.2 Å². The first-order chi connectivity index (χ1) is 10.9. The van der Waals surface area contributed by atoms with E-state index in [0.29, 0.717) is 25.3 Å². The van der Waals surface area contributed by atoms with Gasteiger partial charge in [0, 0.05) is 31.6 Å². The lowest BCUT2D eigenvalue weighted by Gasteiger charge is -2.31. The highest BCUT2D eigenvalue weighted by molar-refractivity contribution is 7.89. The second-order valence-electron chi connectivity index (χ2n) is 5.27. The fourth-order valence-corrected chi connectivity index (χ4v) is 3.38. The molecule has 1 heterocycles. The third-order valence-corrected chi connectivity index (χ3v) is 4.91. The molecule has 0 aromatic heterocycles. The topological polar surface area (TPSA) is 99.5 Å². The van der Waals surface area contributed by atoms with Gasteiger partial charge >= 0.3 is 0 Å². The molecule has 1 atom stereocenters. The number of morpholine rings is 1. The van der Waals surface area contributed by atoms with Crippen LogP contribution in [0.15, 0.2) is 29.2 Å². The summed E-state index contributed by atoms with van der Waals surface area (Å²) in [7, 11) is -3.73. The number of ether oxygens (including phenoxy) is 1. The molecule has 1 amide bonds. The average Bonchev–Trinajstić information content (AvgIpc) is 2.54. The van der Waals surface area contributed by atoms with Crippen molar-refractivity contribution in [3.8, 4) is 6.07 Å². The lowest BCUT2D eigenvalue weighted by Crippen LogP contribution is -2.44. The quantitative estimate of drug-likeness (QED) is 0.799. The van der Waals surface area contributed by atoms with Crippen LogP contribution in [0.1, 0.15) is 23.7 Å². The fourth-order valence-electron chi connectivity index (χ4n) is 2.31. The van der Waals surface area contributed by atoms with Gasteiger partial charge in [-0.3, -0.25) is 4.79 Å². The number of amides is 1. The number of nitriles is 1. The Morgan fingerprint density at radius 1 is 1.52 bits per heavy atom. The monoisotopic (exact) mass is 337 g/mol. The lowest BCUT2D eigenvalue weighted by atomic mass is 10.2. The Labute approximate surface area is 135 Å². The molecule has 1 N–H and O–H groups in total. The van der Waals surface area contributed by atoms with Crippen LogP contribution in [0.2, 0.25) is 0 Å². The minimum Gasteiger partial charge on any atom is -0.375 e. The molecule has 7 nitrogen and oxygen atoms in total. The Morgan fingerprint density at radius 3 is 3.00 bits per heavy atom.